The van der Waals surface area contributed by atoms with Crippen molar-refractivity contribution in [2.24, 2.45) is 0 Å². The highest BCUT2D eigenvalue weighted by atomic mass is 79.9. The minimum absolute atomic E-state index is 0.277. The summed E-state index contributed by atoms with van der Waals surface area (Å²) in [7, 11) is 0. The summed E-state index contributed by atoms with van der Waals surface area (Å²) in [5.41, 5.74) is 1.15. The number of ether oxygens (including phenoxy) is 1. The van der Waals surface area contributed by atoms with Crippen molar-refractivity contribution >= 4 is 22.0 Å². The summed E-state index contributed by atoms with van der Waals surface area (Å²) < 4.78 is 6.82. The van der Waals surface area contributed by atoms with E-state index in [0.717, 1.165) is 22.2 Å². The molecule has 1 aliphatic rings. The fraction of sp³-hybridized carbons (Fsp3) is 0.273. The summed E-state index contributed by atoms with van der Waals surface area (Å²) >= 11 is 3.44. The van der Waals surface area contributed by atoms with Crippen molar-refractivity contribution in [3.05, 3.63) is 34.3 Å². The summed E-state index contributed by atoms with van der Waals surface area (Å²) in [5.74, 6) is 0.976. The van der Waals surface area contributed by atoms with Crippen LogP contribution in [0, 0.1) is 0 Å². The van der Waals surface area contributed by atoms with Gasteiger partial charge in [0.25, 0.3) is 0 Å². The molecule has 1 unspecified atom stereocenters. The normalized spacial score (nSPS) is 20.3. The summed E-state index contributed by atoms with van der Waals surface area (Å²) in [6.07, 6.45) is 5.53. The molecule has 0 amide bonds. The Hall–Kier alpha value is -0.760. The van der Waals surface area contributed by atoms with E-state index in [-0.39, 0.29) is 6.10 Å². The second-order valence-corrected chi connectivity index (χ2v) is 4.16. The Morgan fingerprint density at radius 2 is 2.31 bits per heavy atom. The SMILES string of the molecule is CC1CC=Cc2cc(Br)ccc2O1. The van der Waals surface area contributed by atoms with Gasteiger partial charge in [-0.3, -0.25) is 0 Å². The van der Waals surface area contributed by atoms with Crippen LogP contribution >= 0.6 is 15.9 Å². The monoisotopic (exact) mass is 238 g/mol. The largest absolute Gasteiger partial charge is 0.490 e. The van der Waals surface area contributed by atoms with Crippen LogP contribution in [0.25, 0.3) is 6.08 Å². The molecule has 1 aliphatic heterocycles. The van der Waals surface area contributed by atoms with E-state index in [0.29, 0.717) is 0 Å². The predicted octanol–water partition coefficient (Wildman–Crippen LogP) is 3.63. The van der Waals surface area contributed by atoms with Crippen molar-refractivity contribution in [1.82, 2.24) is 0 Å². The van der Waals surface area contributed by atoms with E-state index >= 15 is 0 Å². The van der Waals surface area contributed by atoms with Gasteiger partial charge in [-0.15, -0.1) is 0 Å². The minimum atomic E-state index is 0.277. The maximum absolute atomic E-state index is 5.73. The quantitative estimate of drug-likeness (QED) is 0.671. The Morgan fingerprint density at radius 1 is 1.46 bits per heavy atom. The van der Waals surface area contributed by atoms with Gasteiger partial charge in [-0.05, 0) is 25.1 Å². The first kappa shape index (κ1) is 8.82. The Kier molecular flexibility index (Phi) is 2.40. The molecule has 1 aromatic rings. The first-order valence-corrected chi connectivity index (χ1v) is 5.18. The van der Waals surface area contributed by atoms with Crippen LogP contribution in [0.3, 0.4) is 0 Å². The molecule has 0 saturated heterocycles. The lowest BCUT2D eigenvalue weighted by Gasteiger charge is -2.12. The number of hydrogen-bond donors (Lipinski definition) is 0. The molecule has 0 saturated carbocycles. The Balaban J connectivity index is 2.44. The van der Waals surface area contributed by atoms with E-state index < -0.39 is 0 Å². The second-order valence-electron chi connectivity index (χ2n) is 3.25. The number of halogens is 1. The van der Waals surface area contributed by atoms with E-state index in [2.05, 4.69) is 41.1 Å². The molecule has 0 N–H and O–H groups in total. The van der Waals surface area contributed by atoms with Crippen molar-refractivity contribution in [2.75, 3.05) is 0 Å². The lowest BCUT2D eigenvalue weighted by Crippen LogP contribution is -2.09. The zero-order chi connectivity index (χ0) is 9.26. The highest BCUT2D eigenvalue weighted by Gasteiger charge is 2.09. The lowest BCUT2D eigenvalue weighted by atomic mass is 10.2. The molecule has 2 heteroatoms. The zero-order valence-electron chi connectivity index (χ0n) is 7.46. The summed E-state index contributed by atoms with van der Waals surface area (Å²) in [6.45, 7) is 2.08. The van der Waals surface area contributed by atoms with Crippen LogP contribution in [0.1, 0.15) is 18.9 Å². The fourth-order valence-corrected chi connectivity index (χ4v) is 1.79. The summed E-state index contributed by atoms with van der Waals surface area (Å²) in [5, 5.41) is 0. The number of benzene rings is 1. The van der Waals surface area contributed by atoms with E-state index in [1.54, 1.807) is 0 Å². The van der Waals surface area contributed by atoms with Gasteiger partial charge >= 0.3 is 0 Å². The van der Waals surface area contributed by atoms with Crippen LogP contribution < -0.4 is 4.74 Å². The van der Waals surface area contributed by atoms with Gasteiger partial charge in [0.05, 0.1) is 6.10 Å². The van der Waals surface area contributed by atoms with E-state index in [1.807, 2.05) is 12.1 Å². The molecule has 1 atom stereocenters. The number of fused-ring (bicyclic) bond motifs is 1. The van der Waals surface area contributed by atoms with Gasteiger partial charge in [0, 0.05) is 16.5 Å². The summed E-state index contributed by atoms with van der Waals surface area (Å²) in [6, 6.07) is 6.08. The molecule has 2 rings (SSSR count). The molecule has 0 radical (unpaired) electrons. The van der Waals surface area contributed by atoms with Gasteiger partial charge in [-0.2, -0.15) is 0 Å². The third kappa shape index (κ3) is 1.94. The van der Waals surface area contributed by atoms with Crippen molar-refractivity contribution in [2.45, 2.75) is 19.4 Å². The maximum Gasteiger partial charge on any atom is 0.127 e. The van der Waals surface area contributed by atoms with Gasteiger partial charge in [0.1, 0.15) is 5.75 Å². The fourth-order valence-electron chi connectivity index (χ4n) is 1.41. The molecule has 1 aromatic carbocycles. The first-order chi connectivity index (χ1) is 6.25. The molecule has 0 aliphatic carbocycles. The molecule has 1 nitrogen and oxygen atoms in total. The standard InChI is InChI=1S/C11H11BrO/c1-8-3-2-4-9-7-10(12)5-6-11(9)13-8/h2,4-8H,3H2,1H3. The van der Waals surface area contributed by atoms with E-state index in [1.165, 1.54) is 0 Å². The molecular formula is C11H11BrO. The predicted molar refractivity (Wildman–Crippen MR) is 57.9 cm³/mol. The van der Waals surface area contributed by atoms with Crippen molar-refractivity contribution in [3.8, 4) is 5.75 Å². The maximum atomic E-state index is 5.73. The van der Waals surface area contributed by atoms with Gasteiger partial charge in [-0.25, -0.2) is 0 Å². The van der Waals surface area contributed by atoms with Crippen LogP contribution in [-0.2, 0) is 0 Å². The van der Waals surface area contributed by atoms with Crippen molar-refractivity contribution in [3.63, 3.8) is 0 Å². The Labute approximate surface area is 86.5 Å². The third-order valence-corrected chi connectivity index (χ3v) is 2.56. The van der Waals surface area contributed by atoms with Crippen LogP contribution in [-0.4, -0.2) is 6.10 Å². The van der Waals surface area contributed by atoms with Gasteiger partial charge in [0.15, 0.2) is 0 Å². The van der Waals surface area contributed by atoms with Crippen LogP contribution in [0.15, 0.2) is 28.7 Å². The average molecular weight is 239 g/mol. The molecule has 0 bridgehead atoms. The number of hydrogen-bond acceptors (Lipinski definition) is 1. The Morgan fingerprint density at radius 3 is 3.15 bits per heavy atom. The minimum Gasteiger partial charge on any atom is -0.490 e. The van der Waals surface area contributed by atoms with Crippen LogP contribution in [0.5, 0.6) is 5.75 Å². The van der Waals surface area contributed by atoms with Crippen LogP contribution in [0.4, 0.5) is 0 Å². The highest BCUT2D eigenvalue weighted by molar-refractivity contribution is 9.10. The molecular weight excluding hydrogens is 228 g/mol. The van der Waals surface area contributed by atoms with Crippen molar-refractivity contribution in [1.29, 1.82) is 0 Å². The average Bonchev–Trinajstić information content (AvgIpc) is 2.25. The van der Waals surface area contributed by atoms with Gasteiger partial charge in [-0.1, -0.05) is 28.1 Å². The third-order valence-electron chi connectivity index (χ3n) is 2.07. The lowest BCUT2D eigenvalue weighted by molar-refractivity contribution is 0.227. The number of rotatable bonds is 0. The zero-order valence-corrected chi connectivity index (χ0v) is 9.04. The Bertz CT molecular complexity index is 344. The molecule has 0 fully saturated rings. The smallest absolute Gasteiger partial charge is 0.127 e. The van der Waals surface area contributed by atoms with E-state index in [9.17, 15) is 0 Å². The van der Waals surface area contributed by atoms with Crippen molar-refractivity contribution < 1.29 is 4.74 Å². The van der Waals surface area contributed by atoms with Gasteiger partial charge in [0.2, 0.25) is 0 Å². The van der Waals surface area contributed by atoms with Gasteiger partial charge < -0.3 is 4.74 Å². The summed E-state index contributed by atoms with van der Waals surface area (Å²) in [4.78, 5) is 0. The first-order valence-electron chi connectivity index (χ1n) is 4.38. The molecule has 13 heavy (non-hydrogen) atoms. The molecule has 0 aromatic heterocycles. The topological polar surface area (TPSA) is 9.23 Å². The molecule has 0 spiro atoms. The highest BCUT2D eigenvalue weighted by Crippen LogP contribution is 2.28. The van der Waals surface area contributed by atoms with Crippen LogP contribution in [0.2, 0.25) is 0 Å². The second kappa shape index (κ2) is 3.54. The molecule has 68 valence electrons. The van der Waals surface area contributed by atoms with E-state index in [4.69, 9.17) is 4.74 Å². The molecule has 1 heterocycles.